The quantitative estimate of drug-likeness (QED) is 0.800. The molecule has 2 N–H and O–H groups in total. The predicted octanol–water partition coefficient (Wildman–Crippen LogP) is 1.73. The number of carbonyl (C=O) groups excluding carboxylic acids is 1. The predicted molar refractivity (Wildman–Crippen MR) is 94.7 cm³/mol. The number of hydrogen-bond acceptors (Lipinski definition) is 4. The molecule has 1 unspecified atom stereocenters. The average Bonchev–Trinajstić information content (AvgIpc) is 2.60. The number of nitrogens with zero attached hydrogens (tertiary/aromatic N) is 2. The van der Waals surface area contributed by atoms with E-state index in [0.29, 0.717) is 16.2 Å². The first-order chi connectivity index (χ1) is 12.8. The lowest BCUT2D eigenvalue weighted by molar-refractivity contribution is -0.139. The number of amides is 1. The van der Waals surface area contributed by atoms with E-state index >= 15 is 0 Å². The lowest BCUT2D eigenvalue weighted by Gasteiger charge is -2.26. The number of pyridine rings is 1. The summed E-state index contributed by atoms with van der Waals surface area (Å²) < 4.78 is 62.1. The number of sulfonamides is 1. The maximum Gasteiger partial charge on any atom is 0.421 e. The fourth-order valence-corrected chi connectivity index (χ4v) is 3.09. The molecule has 0 saturated heterocycles. The molecule has 1 aromatic heterocycles. The lowest BCUT2D eigenvalue weighted by atomic mass is 10.1. The highest BCUT2D eigenvalue weighted by Crippen LogP contribution is 2.26. The summed E-state index contributed by atoms with van der Waals surface area (Å²) in [5.74, 6) is -0.630. The molecule has 1 aromatic carbocycles. The molecular weight excluding hydrogens is 399 g/mol. The van der Waals surface area contributed by atoms with Gasteiger partial charge in [-0.2, -0.15) is 13.2 Å². The number of primary sulfonamides is 1. The van der Waals surface area contributed by atoms with Crippen LogP contribution in [0.5, 0.6) is 0 Å². The summed E-state index contributed by atoms with van der Waals surface area (Å²) in [5.41, 5.74) is -2.22. The zero-order chi connectivity index (χ0) is 21.3. The minimum Gasteiger partial charge on any atom is -0.337 e. The molecule has 0 aliphatic rings. The number of nitrogens with two attached hydrogens (primary N) is 1. The smallest absolute Gasteiger partial charge is 0.337 e. The van der Waals surface area contributed by atoms with Crippen LogP contribution in [-0.2, 0) is 27.5 Å². The number of rotatable bonds is 5. The first-order valence-corrected chi connectivity index (χ1v) is 9.52. The van der Waals surface area contributed by atoms with Crippen LogP contribution < -0.4 is 10.7 Å². The Balaban J connectivity index is 2.25. The molecular formula is C17H18F3N3O4S. The van der Waals surface area contributed by atoms with Gasteiger partial charge in [0.2, 0.25) is 15.9 Å². The summed E-state index contributed by atoms with van der Waals surface area (Å²) in [7, 11) is -2.54. The van der Waals surface area contributed by atoms with Gasteiger partial charge in [-0.05, 0) is 36.8 Å². The number of halogens is 3. The molecule has 0 aliphatic heterocycles. The van der Waals surface area contributed by atoms with Crippen molar-refractivity contribution in [1.29, 1.82) is 0 Å². The Morgan fingerprint density at radius 3 is 2.46 bits per heavy atom. The summed E-state index contributed by atoms with van der Waals surface area (Å²) in [6.45, 7) is 1.01. The molecule has 0 fully saturated rings. The van der Waals surface area contributed by atoms with Gasteiger partial charge in [0.15, 0.2) is 0 Å². The van der Waals surface area contributed by atoms with Crippen molar-refractivity contribution < 1.29 is 26.4 Å². The van der Waals surface area contributed by atoms with Crippen molar-refractivity contribution >= 4 is 15.9 Å². The van der Waals surface area contributed by atoms with Crippen molar-refractivity contribution in [3.05, 3.63) is 64.1 Å². The first-order valence-electron chi connectivity index (χ1n) is 7.97. The SMILES string of the molecule is CC(c1cccc(S(N)(=O)=O)c1)N(C)C(=O)Cn1cccc(C(F)(F)F)c1=O. The number of hydrogen-bond donors (Lipinski definition) is 1. The Labute approximate surface area is 159 Å². The molecule has 11 heteroatoms. The third-order valence-corrected chi connectivity index (χ3v) is 5.19. The number of likely N-dealkylation sites (N-methyl/N-ethyl adjacent to an activating group) is 1. The highest BCUT2D eigenvalue weighted by molar-refractivity contribution is 7.89. The van der Waals surface area contributed by atoms with E-state index < -0.39 is 45.8 Å². The molecule has 2 rings (SSSR count). The normalized spacial score (nSPS) is 13.2. The second kappa shape index (κ2) is 7.76. The molecule has 152 valence electrons. The number of carbonyl (C=O) groups is 1. The highest BCUT2D eigenvalue weighted by Gasteiger charge is 2.34. The van der Waals surface area contributed by atoms with Gasteiger partial charge in [-0.3, -0.25) is 9.59 Å². The number of benzene rings is 1. The van der Waals surface area contributed by atoms with E-state index in [9.17, 15) is 31.2 Å². The molecule has 1 amide bonds. The van der Waals surface area contributed by atoms with E-state index in [-0.39, 0.29) is 4.90 Å². The van der Waals surface area contributed by atoms with Gasteiger partial charge in [0.1, 0.15) is 12.1 Å². The van der Waals surface area contributed by atoms with Crippen molar-refractivity contribution in [1.82, 2.24) is 9.47 Å². The maximum atomic E-state index is 12.8. The van der Waals surface area contributed by atoms with Gasteiger partial charge >= 0.3 is 6.18 Å². The lowest BCUT2D eigenvalue weighted by Crippen LogP contribution is -2.37. The Morgan fingerprint density at radius 2 is 1.89 bits per heavy atom. The van der Waals surface area contributed by atoms with Crippen LogP contribution in [0.15, 0.2) is 52.3 Å². The largest absolute Gasteiger partial charge is 0.421 e. The van der Waals surface area contributed by atoms with Crippen LogP contribution in [0.1, 0.15) is 24.1 Å². The topological polar surface area (TPSA) is 102 Å². The molecule has 2 aromatic rings. The van der Waals surface area contributed by atoms with Gasteiger partial charge in [-0.25, -0.2) is 13.6 Å². The Morgan fingerprint density at radius 1 is 1.25 bits per heavy atom. The van der Waals surface area contributed by atoms with E-state index in [2.05, 4.69) is 0 Å². The minimum absolute atomic E-state index is 0.133. The molecule has 28 heavy (non-hydrogen) atoms. The first kappa shape index (κ1) is 21.6. The number of alkyl halides is 3. The van der Waals surface area contributed by atoms with Crippen LogP contribution in [0, 0.1) is 0 Å². The van der Waals surface area contributed by atoms with Crippen molar-refractivity contribution in [2.24, 2.45) is 5.14 Å². The van der Waals surface area contributed by atoms with Gasteiger partial charge in [-0.1, -0.05) is 12.1 Å². The summed E-state index contributed by atoms with van der Waals surface area (Å²) >= 11 is 0. The molecule has 0 spiro atoms. The number of aromatic nitrogens is 1. The minimum atomic E-state index is -4.82. The third-order valence-electron chi connectivity index (χ3n) is 4.27. The zero-order valence-corrected chi connectivity index (χ0v) is 15.8. The second-order valence-corrected chi connectivity index (χ2v) is 7.71. The van der Waals surface area contributed by atoms with E-state index in [0.717, 1.165) is 12.3 Å². The van der Waals surface area contributed by atoms with Gasteiger partial charge in [0.25, 0.3) is 5.56 Å². The van der Waals surface area contributed by atoms with Crippen LogP contribution in [0.25, 0.3) is 0 Å². The van der Waals surface area contributed by atoms with E-state index in [4.69, 9.17) is 5.14 Å². The van der Waals surface area contributed by atoms with E-state index in [1.807, 2.05) is 0 Å². The van der Waals surface area contributed by atoms with Gasteiger partial charge in [-0.15, -0.1) is 0 Å². The van der Waals surface area contributed by atoms with Gasteiger partial charge in [0.05, 0.1) is 10.9 Å². The Bertz CT molecular complexity index is 1050. The van der Waals surface area contributed by atoms with Crippen molar-refractivity contribution in [2.75, 3.05) is 7.05 Å². The van der Waals surface area contributed by atoms with Crippen molar-refractivity contribution in [2.45, 2.75) is 30.6 Å². The average molecular weight is 417 g/mol. The molecule has 0 bridgehead atoms. The monoisotopic (exact) mass is 417 g/mol. The van der Waals surface area contributed by atoms with Crippen LogP contribution in [0.3, 0.4) is 0 Å². The van der Waals surface area contributed by atoms with Gasteiger partial charge in [0, 0.05) is 13.2 Å². The van der Waals surface area contributed by atoms with E-state index in [1.54, 1.807) is 13.0 Å². The molecule has 1 heterocycles. The Hall–Kier alpha value is -2.66. The van der Waals surface area contributed by atoms with Gasteiger partial charge < -0.3 is 9.47 Å². The highest BCUT2D eigenvalue weighted by atomic mass is 32.2. The summed E-state index contributed by atoms with van der Waals surface area (Å²) in [5, 5.41) is 5.09. The molecule has 1 atom stereocenters. The third kappa shape index (κ3) is 4.78. The molecule has 0 radical (unpaired) electrons. The zero-order valence-electron chi connectivity index (χ0n) is 15.0. The van der Waals surface area contributed by atoms with Crippen LogP contribution in [0.2, 0.25) is 0 Å². The molecule has 0 saturated carbocycles. The fourth-order valence-electron chi connectivity index (χ4n) is 2.53. The maximum absolute atomic E-state index is 12.8. The van der Waals surface area contributed by atoms with E-state index in [1.165, 1.54) is 30.1 Å². The van der Waals surface area contributed by atoms with Crippen molar-refractivity contribution in [3.8, 4) is 0 Å². The molecule has 0 aliphatic carbocycles. The standard InChI is InChI=1S/C17H18F3N3O4S/c1-11(12-5-3-6-13(9-12)28(21,26)27)22(2)15(24)10-23-8-4-7-14(16(23)25)17(18,19)20/h3-9,11H,10H2,1-2H3,(H2,21,26,27). The van der Waals surface area contributed by atoms with Crippen LogP contribution in [0.4, 0.5) is 13.2 Å². The van der Waals surface area contributed by atoms with Crippen LogP contribution in [-0.4, -0.2) is 30.8 Å². The summed E-state index contributed by atoms with van der Waals surface area (Å²) in [4.78, 5) is 25.5. The Kier molecular flexibility index (Phi) is 6.00. The molecule has 7 nitrogen and oxygen atoms in total. The summed E-state index contributed by atoms with van der Waals surface area (Å²) in [6, 6.07) is 6.72. The van der Waals surface area contributed by atoms with Crippen molar-refractivity contribution in [3.63, 3.8) is 0 Å². The second-order valence-electron chi connectivity index (χ2n) is 6.15. The fraction of sp³-hybridized carbons (Fsp3) is 0.294. The van der Waals surface area contributed by atoms with Crippen LogP contribution >= 0.6 is 0 Å². The summed E-state index contributed by atoms with van der Waals surface area (Å²) in [6.07, 6.45) is -3.73.